The molecule has 0 saturated heterocycles. The summed E-state index contributed by atoms with van der Waals surface area (Å²) in [6, 6.07) is 0. The monoisotopic (exact) mass is 148 g/mol. The molecule has 0 radical (unpaired) electrons. The van der Waals surface area contributed by atoms with E-state index in [1.165, 1.54) is 0 Å². The molecule has 0 spiro atoms. The molecular weight excluding hydrogens is 146 g/mol. The van der Waals surface area contributed by atoms with E-state index in [-0.39, 0.29) is 0 Å². The lowest BCUT2D eigenvalue weighted by molar-refractivity contribution is 0.000668. The molecule has 0 aromatic heterocycles. The van der Waals surface area contributed by atoms with E-state index in [9.17, 15) is 4.53 Å². The Morgan fingerprint density at radius 3 is 2.17 bits per heavy atom. The first-order valence-corrected chi connectivity index (χ1v) is 4.75. The molecule has 0 aromatic rings. The fraction of sp³-hybridized carbons (Fsp3) is 0. The fourth-order valence-electron chi connectivity index (χ4n) is 0. The highest BCUT2D eigenvalue weighted by molar-refractivity contribution is 8.59. The molecule has 0 saturated carbocycles. The van der Waals surface area contributed by atoms with Crippen LogP contribution in [-0.2, 0) is 16.5 Å². The van der Waals surface area contributed by atoms with Gasteiger partial charge < -0.3 is 4.89 Å². The Bertz CT molecular complexity index is 75.6. The van der Waals surface area contributed by atoms with Crippen molar-refractivity contribution in [3.8, 4) is 0 Å². The second-order valence-corrected chi connectivity index (χ2v) is 5.60. The second-order valence-electron chi connectivity index (χ2n) is 0.560. The zero-order chi connectivity index (χ0) is 5.21. The average Bonchev–Trinajstić information content (AvgIpc) is 1.35. The van der Waals surface area contributed by atoms with Crippen molar-refractivity contribution >= 4 is 29.7 Å². The maximum absolute atomic E-state index is 10.6. The van der Waals surface area contributed by atoms with Crippen LogP contribution in [0.4, 0.5) is 4.53 Å². The molecule has 1 unspecified atom stereocenters. The molecule has 0 rings (SSSR count). The lowest BCUT2D eigenvalue weighted by Gasteiger charge is -1.93. The van der Waals surface area contributed by atoms with E-state index >= 15 is 0 Å². The first kappa shape index (κ1) is 6.85. The van der Waals surface area contributed by atoms with Crippen LogP contribution >= 0.6 is 17.9 Å². The van der Waals surface area contributed by atoms with E-state index in [1.54, 1.807) is 0 Å². The van der Waals surface area contributed by atoms with Gasteiger partial charge in [-0.15, -0.1) is 4.73 Å². The Kier molecular flexibility index (Phi) is 2.55. The molecule has 0 aliphatic heterocycles. The van der Waals surface area contributed by atoms with E-state index in [4.69, 9.17) is 4.89 Å². The normalized spacial score (nSPS) is 19.8. The predicted molar refractivity (Wildman–Crippen MR) is 27.7 cm³/mol. The molecule has 1 atom stereocenters. The fourth-order valence-corrected chi connectivity index (χ4v) is 0. The summed E-state index contributed by atoms with van der Waals surface area (Å²) in [6.45, 7) is 0. The van der Waals surface area contributed by atoms with Gasteiger partial charge in [0.15, 0.2) is 0 Å². The standard InChI is InChI=1S/FH2O2PS2/c1-3-4(2,5)6/h(H2,2,5,6). The molecule has 6 heavy (non-hydrogen) atoms. The van der Waals surface area contributed by atoms with Gasteiger partial charge in [-0.3, -0.25) is 0 Å². The van der Waals surface area contributed by atoms with Gasteiger partial charge in [-0.05, 0) is 16.3 Å². The smallest absolute Gasteiger partial charge is 0.278 e. The van der Waals surface area contributed by atoms with Gasteiger partial charge in [0.25, 0.3) is 5.69 Å². The number of rotatable bonds is 1. The average molecular weight is 148 g/mol. The molecule has 0 bridgehead atoms. The van der Waals surface area contributed by atoms with Gasteiger partial charge >= 0.3 is 0 Å². The molecule has 6 heteroatoms. The molecule has 38 valence electrons. The Morgan fingerprint density at radius 1 is 2.00 bits per heavy atom. The summed E-state index contributed by atoms with van der Waals surface area (Å²) in [5, 5.41) is 0. The summed E-state index contributed by atoms with van der Waals surface area (Å²) in [4.78, 5) is 8.02. The maximum Gasteiger partial charge on any atom is 0.278 e. The van der Waals surface area contributed by atoms with E-state index in [1.807, 2.05) is 0 Å². The van der Waals surface area contributed by atoms with Gasteiger partial charge in [0, 0.05) is 0 Å². The zero-order valence-electron chi connectivity index (χ0n) is 2.54. The quantitative estimate of drug-likeness (QED) is 0.430. The highest BCUT2D eigenvalue weighted by Crippen LogP contribution is 2.47. The summed E-state index contributed by atoms with van der Waals surface area (Å²) in [5.41, 5.74) is -3.29. The van der Waals surface area contributed by atoms with Crippen LogP contribution in [-0.4, -0.2) is 4.89 Å². The lowest BCUT2D eigenvalue weighted by atomic mass is 15.6. The summed E-state index contributed by atoms with van der Waals surface area (Å²) in [5.74, 6) is 0. The van der Waals surface area contributed by atoms with Gasteiger partial charge in [-0.2, -0.15) is 0 Å². The molecule has 0 aromatic carbocycles. The molecule has 0 amide bonds. The summed E-state index contributed by atoms with van der Waals surface area (Å²) in [7, 11) is 0. The van der Waals surface area contributed by atoms with Gasteiger partial charge in [-0.1, -0.05) is 12.2 Å². The third-order valence-electron chi connectivity index (χ3n) is 0.0899. The van der Waals surface area contributed by atoms with E-state index in [0.29, 0.717) is 0 Å². The van der Waals surface area contributed by atoms with Crippen molar-refractivity contribution < 1.29 is 14.1 Å². The molecule has 0 heterocycles. The van der Waals surface area contributed by atoms with Crippen molar-refractivity contribution in [2.45, 2.75) is 0 Å². The summed E-state index contributed by atoms with van der Waals surface area (Å²) in [6.07, 6.45) is 0. The van der Waals surface area contributed by atoms with E-state index in [0.717, 1.165) is 0 Å². The third kappa shape index (κ3) is 4.85. The Labute approximate surface area is 44.5 Å². The number of hydrogen-bond acceptors (Lipinski definition) is 2. The van der Waals surface area contributed by atoms with Crippen LogP contribution in [0.2, 0.25) is 0 Å². The third-order valence-corrected chi connectivity index (χ3v) is 0.624. The number of hydrogen-bond donors (Lipinski definition) is 2. The highest BCUT2D eigenvalue weighted by atomic mass is 32.9. The van der Waals surface area contributed by atoms with Crippen molar-refractivity contribution in [3.63, 3.8) is 0 Å². The molecule has 2 nitrogen and oxygen atoms in total. The molecular formula is H2FO2PS2. The molecule has 0 fully saturated rings. The van der Waals surface area contributed by atoms with Crippen LogP contribution < -0.4 is 0 Å². The first-order chi connectivity index (χ1) is 2.56. The van der Waals surface area contributed by atoms with Crippen LogP contribution in [0.1, 0.15) is 0 Å². The minimum atomic E-state index is -3.29. The first-order valence-electron chi connectivity index (χ1n) is 0.919. The van der Waals surface area contributed by atoms with Crippen LogP contribution in [0.25, 0.3) is 0 Å². The minimum Gasteiger partial charge on any atom is -0.336 e. The Morgan fingerprint density at radius 2 is 2.17 bits per heavy atom. The summed E-state index contributed by atoms with van der Waals surface area (Å²) >= 11 is 7.06. The second kappa shape index (κ2) is 2.23. The minimum absolute atomic E-state index is 2.78. The predicted octanol–water partition coefficient (Wildman–Crippen LogP) is 1.03. The topological polar surface area (TPSA) is 29.5 Å². The zero-order valence-corrected chi connectivity index (χ0v) is 5.14. The van der Waals surface area contributed by atoms with Crippen LogP contribution in [0, 0.1) is 0 Å². The van der Waals surface area contributed by atoms with E-state index < -0.39 is 5.69 Å². The van der Waals surface area contributed by atoms with Crippen molar-refractivity contribution in [2.24, 2.45) is 0 Å². The van der Waals surface area contributed by atoms with Crippen LogP contribution in [0.15, 0.2) is 0 Å². The van der Waals surface area contributed by atoms with Crippen molar-refractivity contribution in [1.82, 2.24) is 0 Å². The van der Waals surface area contributed by atoms with Gasteiger partial charge in [0.05, 0.1) is 0 Å². The number of thiol groups is 1. The molecule has 1 N–H and O–H groups in total. The van der Waals surface area contributed by atoms with Gasteiger partial charge in [0.1, 0.15) is 0 Å². The van der Waals surface area contributed by atoms with Crippen molar-refractivity contribution in [1.29, 1.82) is 0 Å². The Balaban J connectivity index is 3.48. The Hall–Kier alpha value is 0.850. The molecule has 0 aliphatic rings. The number of halogens is 1. The van der Waals surface area contributed by atoms with Gasteiger partial charge in [-0.25, -0.2) is 0 Å². The summed E-state index contributed by atoms with van der Waals surface area (Å²) < 4.78 is 13.4. The highest BCUT2D eigenvalue weighted by Gasteiger charge is 2.02. The van der Waals surface area contributed by atoms with Crippen LogP contribution in [0.5, 0.6) is 0 Å². The SMILES string of the molecule is OP(=S)(S)OF. The van der Waals surface area contributed by atoms with Crippen LogP contribution in [0.3, 0.4) is 0 Å². The maximum atomic E-state index is 10.6. The lowest BCUT2D eigenvalue weighted by Crippen LogP contribution is -1.61. The van der Waals surface area contributed by atoms with E-state index in [2.05, 4.69) is 28.8 Å². The molecule has 0 aliphatic carbocycles. The van der Waals surface area contributed by atoms with Crippen molar-refractivity contribution in [2.75, 3.05) is 0 Å². The van der Waals surface area contributed by atoms with Crippen molar-refractivity contribution in [3.05, 3.63) is 0 Å². The van der Waals surface area contributed by atoms with Gasteiger partial charge in [0.2, 0.25) is 0 Å². The largest absolute Gasteiger partial charge is 0.336 e.